The van der Waals surface area contributed by atoms with E-state index in [9.17, 15) is 4.79 Å². The maximum absolute atomic E-state index is 12.1. The number of hydrogen-bond acceptors (Lipinski definition) is 3. The minimum Gasteiger partial charge on any atom is -0.397 e. The second-order valence-electron chi connectivity index (χ2n) is 4.64. The van der Waals surface area contributed by atoms with Crippen LogP contribution in [0.5, 0.6) is 0 Å². The second kappa shape index (κ2) is 4.55. The van der Waals surface area contributed by atoms with Gasteiger partial charge in [-0.3, -0.25) is 4.79 Å². The summed E-state index contributed by atoms with van der Waals surface area (Å²) in [5, 5.41) is 3.91. The topological polar surface area (TPSA) is 55.1 Å². The lowest BCUT2D eigenvalue weighted by atomic mass is 10.2. The number of nitrogens with one attached hydrogen (secondary N) is 1. The first-order valence-electron chi connectivity index (χ1n) is 5.91. The molecule has 3 N–H and O–H groups in total. The van der Waals surface area contributed by atoms with Crippen LogP contribution in [0.4, 0.5) is 5.69 Å². The van der Waals surface area contributed by atoms with E-state index < -0.39 is 0 Å². The molecule has 3 rings (SSSR count). The lowest BCUT2D eigenvalue weighted by molar-refractivity contribution is 0.0956. The van der Waals surface area contributed by atoms with Crippen LogP contribution < -0.4 is 11.1 Å². The normalized spacial score (nSPS) is 14.9. The van der Waals surface area contributed by atoms with E-state index in [-0.39, 0.29) is 5.91 Å². The highest BCUT2D eigenvalue weighted by molar-refractivity contribution is 9.10. The number of amides is 1. The molecule has 18 heavy (non-hydrogen) atoms. The third kappa shape index (κ3) is 2.24. The number of rotatable bonds is 3. The van der Waals surface area contributed by atoms with E-state index in [1.54, 1.807) is 0 Å². The van der Waals surface area contributed by atoms with Gasteiger partial charge in [-0.05, 0) is 37.0 Å². The predicted molar refractivity (Wildman–Crippen MR) is 79.0 cm³/mol. The van der Waals surface area contributed by atoms with Crippen molar-refractivity contribution in [3.63, 3.8) is 0 Å². The fraction of sp³-hybridized carbons (Fsp3) is 0.308. The highest BCUT2D eigenvalue weighted by Gasteiger charge is 2.23. The van der Waals surface area contributed by atoms with Gasteiger partial charge in [0.25, 0.3) is 5.91 Å². The maximum atomic E-state index is 12.1. The van der Waals surface area contributed by atoms with Crippen molar-refractivity contribution in [1.29, 1.82) is 0 Å². The van der Waals surface area contributed by atoms with E-state index >= 15 is 0 Å². The van der Waals surface area contributed by atoms with Gasteiger partial charge in [0, 0.05) is 21.1 Å². The lowest BCUT2D eigenvalue weighted by Gasteiger charge is -2.02. The fourth-order valence-electron chi connectivity index (χ4n) is 1.90. The predicted octanol–water partition coefficient (Wildman–Crippen LogP) is 3.39. The number of thiophene rings is 1. The van der Waals surface area contributed by atoms with Gasteiger partial charge < -0.3 is 11.1 Å². The zero-order valence-corrected chi connectivity index (χ0v) is 12.1. The third-order valence-corrected chi connectivity index (χ3v) is 4.82. The van der Waals surface area contributed by atoms with Gasteiger partial charge in [0.15, 0.2) is 0 Å². The molecule has 0 atom stereocenters. The molecule has 0 spiro atoms. The Kier molecular flexibility index (Phi) is 3.03. The van der Waals surface area contributed by atoms with E-state index in [1.807, 2.05) is 18.2 Å². The van der Waals surface area contributed by atoms with Crippen molar-refractivity contribution < 1.29 is 4.79 Å². The summed E-state index contributed by atoms with van der Waals surface area (Å²) in [7, 11) is 0. The van der Waals surface area contributed by atoms with Gasteiger partial charge in [-0.1, -0.05) is 15.9 Å². The number of halogens is 1. The van der Waals surface area contributed by atoms with E-state index in [4.69, 9.17) is 5.73 Å². The molecule has 1 aromatic heterocycles. The third-order valence-electron chi connectivity index (χ3n) is 3.14. The molecule has 1 aliphatic carbocycles. The van der Waals surface area contributed by atoms with Gasteiger partial charge in [-0.25, -0.2) is 0 Å². The van der Waals surface area contributed by atoms with Gasteiger partial charge in [0.1, 0.15) is 4.88 Å². The SMILES string of the molecule is Nc1c(C(=O)NCC2CC2)sc2ccc(Br)cc12. The molecule has 1 aliphatic rings. The minimum absolute atomic E-state index is 0.0447. The van der Waals surface area contributed by atoms with Crippen molar-refractivity contribution >= 4 is 48.9 Å². The average molecular weight is 325 g/mol. The molecule has 2 aromatic rings. The van der Waals surface area contributed by atoms with E-state index in [2.05, 4.69) is 21.2 Å². The van der Waals surface area contributed by atoms with Crippen LogP contribution in [0.15, 0.2) is 22.7 Å². The fourth-order valence-corrected chi connectivity index (χ4v) is 3.28. The number of carbonyl (C=O) groups is 1. The molecule has 3 nitrogen and oxygen atoms in total. The van der Waals surface area contributed by atoms with E-state index in [0.717, 1.165) is 21.1 Å². The number of hydrogen-bond donors (Lipinski definition) is 2. The Morgan fingerprint density at radius 2 is 2.28 bits per heavy atom. The zero-order chi connectivity index (χ0) is 12.7. The average Bonchev–Trinajstić information content (AvgIpc) is 3.12. The Morgan fingerprint density at radius 3 is 3.00 bits per heavy atom. The molecule has 0 bridgehead atoms. The Bertz CT molecular complexity index is 619. The van der Waals surface area contributed by atoms with E-state index in [1.165, 1.54) is 24.2 Å². The van der Waals surface area contributed by atoms with Crippen LogP contribution >= 0.6 is 27.3 Å². The van der Waals surface area contributed by atoms with Gasteiger partial charge in [0.05, 0.1) is 5.69 Å². The van der Waals surface area contributed by atoms with Crippen LogP contribution in [-0.4, -0.2) is 12.5 Å². The molecule has 0 saturated heterocycles. The number of carbonyl (C=O) groups excluding carboxylic acids is 1. The van der Waals surface area contributed by atoms with Crippen molar-refractivity contribution in [3.05, 3.63) is 27.5 Å². The first kappa shape index (κ1) is 12.0. The molecular formula is C13H13BrN2OS. The summed E-state index contributed by atoms with van der Waals surface area (Å²) in [5.41, 5.74) is 6.65. The number of fused-ring (bicyclic) bond motifs is 1. The van der Waals surface area contributed by atoms with Crippen LogP contribution in [-0.2, 0) is 0 Å². The molecule has 1 fully saturated rings. The van der Waals surface area contributed by atoms with Crippen molar-refractivity contribution in [2.24, 2.45) is 5.92 Å². The quantitative estimate of drug-likeness (QED) is 0.909. The first-order chi connectivity index (χ1) is 8.65. The Morgan fingerprint density at radius 1 is 1.50 bits per heavy atom. The first-order valence-corrected chi connectivity index (χ1v) is 7.52. The molecule has 1 heterocycles. The molecule has 1 amide bonds. The van der Waals surface area contributed by atoms with Gasteiger partial charge >= 0.3 is 0 Å². The summed E-state index contributed by atoms with van der Waals surface area (Å²) in [6.07, 6.45) is 2.46. The van der Waals surface area contributed by atoms with Crippen molar-refractivity contribution in [3.8, 4) is 0 Å². The number of benzene rings is 1. The summed E-state index contributed by atoms with van der Waals surface area (Å²) in [6, 6.07) is 5.90. The smallest absolute Gasteiger partial charge is 0.263 e. The van der Waals surface area contributed by atoms with Gasteiger partial charge in [-0.15, -0.1) is 11.3 Å². The summed E-state index contributed by atoms with van der Waals surface area (Å²) < 4.78 is 2.02. The van der Waals surface area contributed by atoms with Crippen LogP contribution in [0.2, 0.25) is 0 Å². The monoisotopic (exact) mass is 324 g/mol. The molecule has 0 unspecified atom stereocenters. The highest BCUT2D eigenvalue weighted by atomic mass is 79.9. The zero-order valence-electron chi connectivity index (χ0n) is 9.70. The minimum atomic E-state index is -0.0447. The Balaban J connectivity index is 1.90. The number of anilines is 1. The number of nitrogens with two attached hydrogens (primary N) is 1. The standard InChI is InChI=1S/C13H13BrN2OS/c14-8-3-4-10-9(5-8)11(15)12(18-10)13(17)16-6-7-1-2-7/h3-5,7H,1-2,6,15H2,(H,16,17). The summed E-state index contributed by atoms with van der Waals surface area (Å²) >= 11 is 4.87. The maximum Gasteiger partial charge on any atom is 0.263 e. The number of nitrogen functional groups attached to an aromatic ring is 1. The molecule has 5 heteroatoms. The highest BCUT2D eigenvalue weighted by Crippen LogP contribution is 2.35. The molecule has 1 aromatic carbocycles. The van der Waals surface area contributed by atoms with Crippen LogP contribution in [0.3, 0.4) is 0 Å². The van der Waals surface area contributed by atoms with Crippen molar-refractivity contribution in [2.45, 2.75) is 12.8 Å². The van der Waals surface area contributed by atoms with Gasteiger partial charge in [-0.2, -0.15) is 0 Å². The molecular weight excluding hydrogens is 312 g/mol. The lowest BCUT2D eigenvalue weighted by Crippen LogP contribution is -2.25. The van der Waals surface area contributed by atoms with Crippen molar-refractivity contribution in [2.75, 3.05) is 12.3 Å². The molecule has 0 aliphatic heterocycles. The van der Waals surface area contributed by atoms with Crippen molar-refractivity contribution in [1.82, 2.24) is 5.32 Å². The summed E-state index contributed by atoms with van der Waals surface area (Å²) in [4.78, 5) is 12.7. The molecule has 94 valence electrons. The van der Waals surface area contributed by atoms with E-state index in [0.29, 0.717) is 16.5 Å². The Labute approximate surface area is 117 Å². The molecule has 1 saturated carbocycles. The second-order valence-corrected chi connectivity index (χ2v) is 6.61. The Hall–Kier alpha value is -1.07. The van der Waals surface area contributed by atoms with Crippen LogP contribution in [0.25, 0.3) is 10.1 Å². The van der Waals surface area contributed by atoms with Crippen LogP contribution in [0, 0.1) is 5.92 Å². The molecule has 0 radical (unpaired) electrons. The largest absolute Gasteiger partial charge is 0.397 e. The van der Waals surface area contributed by atoms with Crippen LogP contribution in [0.1, 0.15) is 22.5 Å². The summed E-state index contributed by atoms with van der Waals surface area (Å²) in [6.45, 7) is 0.774. The summed E-state index contributed by atoms with van der Waals surface area (Å²) in [5.74, 6) is 0.635. The van der Waals surface area contributed by atoms with Gasteiger partial charge in [0.2, 0.25) is 0 Å².